The standard InChI is InChI=1S/C24H34N4O3/c1-4-25-24(27-17-20-8-9-22(29-2)23(15-20)30-3)26-16-19-6-5-7-21(14-19)18-28-10-12-31-13-11-28/h5-9,14-15H,4,10-13,16-18H2,1-3H3,(H2,25,26,27). The van der Waals surface area contributed by atoms with Crippen LogP contribution in [0.2, 0.25) is 0 Å². The van der Waals surface area contributed by atoms with Crippen molar-refractivity contribution in [2.24, 2.45) is 4.99 Å². The summed E-state index contributed by atoms with van der Waals surface area (Å²) >= 11 is 0. The van der Waals surface area contributed by atoms with Crippen LogP contribution in [0.15, 0.2) is 47.5 Å². The predicted octanol–water partition coefficient (Wildman–Crippen LogP) is 2.79. The third kappa shape index (κ3) is 7.15. The van der Waals surface area contributed by atoms with Crippen molar-refractivity contribution in [3.63, 3.8) is 0 Å². The van der Waals surface area contributed by atoms with Gasteiger partial charge in [0, 0.05) is 32.7 Å². The van der Waals surface area contributed by atoms with Crippen LogP contribution in [0.25, 0.3) is 0 Å². The molecule has 0 spiro atoms. The molecule has 3 rings (SSSR count). The quantitative estimate of drug-likeness (QED) is 0.475. The van der Waals surface area contributed by atoms with Crippen LogP contribution >= 0.6 is 0 Å². The van der Waals surface area contributed by atoms with Gasteiger partial charge in [-0.25, -0.2) is 4.99 Å². The zero-order valence-corrected chi connectivity index (χ0v) is 18.8. The summed E-state index contributed by atoms with van der Waals surface area (Å²) < 4.78 is 16.1. The number of nitrogens with zero attached hydrogens (tertiary/aromatic N) is 2. The molecule has 31 heavy (non-hydrogen) atoms. The number of hydrogen-bond donors (Lipinski definition) is 2. The Kier molecular flexibility index (Phi) is 8.99. The first kappa shape index (κ1) is 22.9. The first-order chi connectivity index (χ1) is 15.2. The Balaban J connectivity index is 1.59. The van der Waals surface area contributed by atoms with E-state index in [1.54, 1.807) is 14.2 Å². The molecular formula is C24H34N4O3. The lowest BCUT2D eigenvalue weighted by molar-refractivity contribution is 0.0342. The molecule has 1 heterocycles. The minimum Gasteiger partial charge on any atom is -0.493 e. The number of nitrogens with one attached hydrogen (secondary N) is 2. The van der Waals surface area contributed by atoms with Crippen molar-refractivity contribution in [2.75, 3.05) is 47.1 Å². The van der Waals surface area contributed by atoms with Crippen molar-refractivity contribution >= 4 is 5.96 Å². The summed E-state index contributed by atoms with van der Waals surface area (Å²) in [5, 5.41) is 6.71. The van der Waals surface area contributed by atoms with Crippen molar-refractivity contribution in [3.05, 3.63) is 59.2 Å². The van der Waals surface area contributed by atoms with Gasteiger partial charge in [0.05, 0.1) is 34.0 Å². The van der Waals surface area contributed by atoms with Gasteiger partial charge in [-0.15, -0.1) is 0 Å². The molecule has 168 valence electrons. The van der Waals surface area contributed by atoms with Crippen LogP contribution in [0, 0.1) is 0 Å². The third-order valence-corrected chi connectivity index (χ3v) is 5.17. The van der Waals surface area contributed by atoms with E-state index in [0.717, 1.165) is 62.4 Å². The van der Waals surface area contributed by atoms with Crippen LogP contribution in [0.5, 0.6) is 11.5 Å². The second kappa shape index (κ2) is 12.2. The minimum atomic E-state index is 0.623. The van der Waals surface area contributed by atoms with Gasteiger partial charge < -0.3 is 24.8 Å². The van der Waals surface area contributed by atoms with Crippen LogP contribution in [-0.2, 0) is 24.4 Å². The van der Waals surface area contributed by atoms with Gasteiger partial charge in [-0.05, 0) is 35.7 Å². The fourth-order valence-corrected chi connectivity index (χ4v) is 3.53. The lowest BCUT2D eigenvalue weighted by atomic mass is 10.1. The number of aliphatic imine (C=N–C) groups is 1. The topological polar surface area (TPSA) is 67.4 Å². The Bertz CT molecular complexity index is 850. The molecule has 1 saturated heterocycles. The molecular weight excluding hydrogens is 392 g/mol. The van der Waals surface area contributed by atoms with E-state index in [9.17, 15) is 0 Å². The highest BCUT2D eigenvalue weighted by atomic mass is 16.5. The molecule has 1 aliphatic heterocycles. The zero-order chi connectivity index (χ0) is 21.9. The monoisotopic (exact) mass is 426 g/mol. The number of benzene rings is 2. The Labute approximate surface area is 185 Å². The maximum absolute atomic E-state index is 5.44. The van der Waals surface area contributed by atoms with E-state index in [4.69, 9.17) is 19.2 Å². The van der Waals surface area contributed by atoms with Crippen LogP contribution in [0.3, 0.4) is 0 Å². The normalized spacial score (nSPS) is 14.9. The maximum Gasteiger partial charge on any atom is 0.191 e. The highest BCUT2D eigenvalue weighted by molar-refractivity contribution is 5.79. The fourth-order valence-electron chi connectivity index (χ4n) is 3.53. The van der Waals surface area contributed by atoms with E-state index >= 15 is 0 Å². The molecule has 0 amide bonds. The van der Waals surface area contributed by atoms with Crippen molar-refractivity contribution in [2.45, 2.75) is 26.6 Å². The highest BCUT2D eigenvalue weighted by Gasteiger charge is 2.11. The summed E-state index contributed by atoms with van der Waals surface area (Å²) in [6, 6.07) is 14.6. The van der Waals surface area contributed by atoms with Gasteiger partial charge in [0.1, 0.15) is 0 Å². The summed E-state index contributed by atoms with van der Waals surface area (Å²) in [4.78, 5) is 7.20. The molecule has 0 aliphatic carbocycles. The van der Waals surface area contributed by atoms with Crippen LogP contribution in [0.4, 0.5) is 0 Å². The van der Waals surface area contributed by atoms with Gasteiger partial charge in [-0.1, -0.05) is 30.3 Å². The van der Waals surface area contributed by atoms with Crippen molar-refractivity contribution in [1.82, 2.24) is 15.5 Å². The van der Waals surface area contributed by atoms with Crippen molar-refractivity contribution in [3.8, 4) is 11.5 Å². The Morgan fingerprint density at radius 2 is 1.74 bits per heavy atom. The summed E-state index contributed by atoms with van der Waals surface area (Å²) in [6.45, 7) is 8.72. The summed E-state index contributed by atoms with van der Waals surface area (Å²) in [6.07, 6.45) is 0. The molecule has 0 bridgehead atoms. The van der Waals surface area contributed by atoms with Crippen LogP contribution in [0.1, 0.15) is 23.6 Å². The molecule has 1 aliphatic rings. The van der Waals surface area contributed by atoms with Gasteiger partial charge in [0.25, 0.3) is 0 Å². The Hall–Kier alpha value is -2.77. The van der Waals surface area contributed by atoms with Crippen molar-refractivity contribution < 1.29 is 14.2 Å². The van der Waals surface area contributed by atoms with E-state index < -0.39 is 0 Å². The number of ether oxygens (including phenoxy) is 3. The molecule has 0 radical (unpaired) electrons. The molecule has 2 aromatic carbocycles. The summed E-state index contributed by atoms with van der Waals surface area (Å²) in [7, 11) is 3.29. The Morgan fingerprint density at radius 1 is 0.968 bits per heavy atom. The van der Waals surface area contributed by atoms with Crippen LogP contribution in [-0.4, -0.2) is 57.9 Å². The smallest absolute Gasteiger partial charge is 0.191 e. The Morgan fingerprint density at radius 3 is 2.48 bits per heavy atom. The molecule has 7 nitrogen and oxygen atoms in total. The zero-order valence-electron chi connectivity index (χ0n) is 18.8. The second-order valence-electron chi connectivity index (χ2n) is 7.45. The van der Waals surface area contributed by atoms with E-state index in [1.165, 1.54) is 11.1 Å². The number of methoxy groups -OCH3 is 2. The highest BCUT2D eigenvalue weighted by Crippen LogP contribution is 2.27. The fraction of sp³-hybridized carbons (Fsp3) is 0.458. The average molecular weight is 427 g/mol. The molecule has 1 fully saturated rings. The van der Waals surface area contributed by atoms with Gasteiger partial charge in [0.2, 0.25) is 0 Å². The number of guanidine groups is 1. The predicted molar refractivity (Wildman–Crippen MR) is 124 cm³/mol. The summed E-state index contributed by atoms with van der Waals surface area (Å²) in [5.41, 5.74) is 3.61. The van der Waals surface area contributed by atoms with Gasteiger partial charge in [0.15, 0.2) is 17.5 Å². The number of morpholine rings is 1. The van der Waals surface area contributed by atoms with Gasteiger partial charge in [-0.2, -0.15) is 0 Å². The maximum atomic E-state index is 5.44. The van der Waals surface area contributed by atoms with E-state index in [1.807, 2.05) is 18.2 Å². The minimum absolute atomic E-state index is 0.623. The molecule has 0 atom stereocenters. The second-order valence-corrected chi connectivity index (χ2v) is 7.45. The lowest BCUT2D eigenvalue weighted by Crippen LogP contribution is -2.36. The number of hydrogen-bond acceptors (Lipinski definition) is 5. The SMILES string of the molecule is CCNC(=NCc1cccc(CN2CCOCC2)c1)NCc1ccc(OC)c(OC)c1. The molecule has 2 N–H and O–H groups in total. The number of rotatable bonds is 9. The van der Waals surface area contributed by atoms with E-state index in [2.05, 4.69) is 46.7 Å². The van der Waals surface area contributed by atoms with Crippen molar-refractivity contribution in [1.29, 1.82) is 0 Å². The van der Waals surface area contributed by atoms with Gasteiger partial charge >= 0.3 is 0 Å². The summed E-state index contributed by atoms with van der Waals surface area (Å²) in [5.74, 6) is 2.24. The first-order valence-electron chi connectivity index (χ1n) is 10.8. The molecule has 0 unspecified atom stereocenters. The molecule has 7 heteroatoms. The molecule has 0 aromatic heterocycles. The molecule has 2 aromatic rings. The van der Waals surface area contributed by atoms with E-state index in [0.29, 0.717) is 13.1 Å². The van der Waals surface area contributed by atoms with E-state index in [-0.39, 0.29) is 0 Å². The lowest BCUT2D eigenvalue weighted by Gasteiger charge is -2.26. The molecule has 0 saturated carbocycles. The average Bonchev–Trinajstić information content (AvgIpc) is 2.81. The van der Waals surface area contributed by atoms with Gasteiger partial charge in [-0.3, -0.25) is 4.90 Å². The largest absolute Gasteiger partial charge is 0.493 e. The third-order valence-electron chi connectivity index (χ3n) is 5.17. The van der Waals surface area contributed by atoms with Crippen LogP contribution < -0.4 is 20.1 Å². The first-order valence-corrected chi connectivity index (χ1v) is 10.8.